The minimum absolute atomic E-state index is 0.0157. The van der Waals surface area contributed by atoms with E-state index >= 15 is 0 Å². The van der Waals surface area contributed by atoms with Gasteiger partial charge in [0, 0.05) is 6.20 Å². The van der Waals surface area contributed by atoms with Crippen LogP contribution in [0, 0.1) is 5.92 Å². The molecule has 0 aromatic carbocycles. The summed E-state index contributed by atoms with van der Waals surface area (Å²) >= 11 is 0. The van der Waals surface area contributed by atoms with Crippen molar-refractivity contribution in [3.05, 3.63) is 59.9 Å². The third-order valence-corrected chi connectivity index (χ3v) is 4.40. The number of nitrogens with one attached hydrogen (secondary N) is 1. The molecule has 1 amide bonds. The maximum absolute atomic E-state index is 12.6. The van der Waals surface area contributed by atoms with E-state index in [1.165, 1.54) is 6.33 Å². The molecule has 0 aliphatic rings. The van der Waals surface area contributed by atoms with Crippen LogP contribution < -0.4 is 5.32 Å². The molecule has 0 bridgehead atoms. The second-order valence-corrected chi connectivity index (χ2v) is 6.62. The van der Waals surface area contributed by atoms with E-state index in [-0.39, 0.29) is 11.8 Å². The van der Waals surface area contributed by atoms with Crippen molar-refractivity contribution in [3.63, 3.8) is 0 Å². The first-order chi connectivity index (χ1) is 13.0. The average molecular weight is 365 g/mol. The van der Waals surface area contributed by atoms with Crippen LogP contribution in [0.4, 0.5) is 0 Å². The third kappa shape index (κ3) is 3.13. The molecule has 9 nitrogen and oxygen atoms in total. The van der Waals surface area contributed by atoms with Crippen molar-refractivity contribution < 1.29 is 9.90 Å². The fourth-order valence-corrected chi connectivity index (χ4v) is 2.85. The number of pyridine rings is 2. The van der Waals surface area contributed by atoms with Crippen molar-refractivity contribution in [2.45, 2.75) is 26.5 Å². The van der Waals surface area contributed by atoms with Crippen LogP contribution in [0.15, 0.2) is 42.9 Å². The molecule has 4 heterocycles. The number of rotatable bonds is 5. The van der Waals surface area contributed by atoms with Gasteiger partial charge in [0.25, 0.3) is 5.91 Å². The van der Waals surface area contributed by atoms with Gasteiger partial charge in [-0.15, -0.1) is 10.2 Å². The number of nitrogens with zero attached hydrogens (tertiary/aromatic N) is 6. The van der Waals surface area contributed by atoms with Gasteiger partial charge in [-0.05, 0) is 30.2 Å². The quantitative estimate of drug-likeness (QED) is 0.553. The van der Waals surface area contributed by atoms with E-state index in [1.54, 1.807) is 27.2 Å². The van der Waals surface area contributed by atoms with Crippen LogP contribution >= 0.6 is 0 Å². The standard InChI is InChI=1S/C18H19N7O2/c1-11(2)16(26)17-23-22-15-7-6-12(9-24(15)17)18(27)19-8-13-4-3-5-14-20-10-21-25(13)14/h3-7,9-11,16,26H,8H2,1-2H3,(H,19,27). The average Bonchev–Trinajstić information content (AvgIpc) is 3.31. The van der Waals surface area contributed by atoms with E-state index in [0.717, 1.165) is 11.3 Å². The smallest absolute Gasteiger partial charge is 0.253 e. The van der Waals surface area contributed by atoms with E-state index in [1.807, 2.05) is 32.0 Å². The topological polar surface area (TPSA) is 110 Å². The van der Waals surface area contributed by atoms with Crippen molar-refractivity contribution in [3.8, 4) is 0 Å². The van der Waals surface area contributed by atoms with Crippen LogP contribution in [0.2, 0.25) is 0 Å². The lowest BCUT2D eigenvalue weighted by Gasteiger charge is -2.12. The number of aliphatic hydroxyl groups excluding tert-OH is 1. The molecule has 4 aromatic rings. The molecule has 0 aliphatic carbocycles. The van der Waals surface area contributed by atoms with Gasteiger partial charge in [-0.2, -0.15) is 5.10 Å². The van der Waals surface area contributed by atoms with E-state index < -0.39 is 6.10 Å². The van der Waals surface area contributed by atoms with Gasteiger partial charge in [-0.1, -0.05) is 19.9 Å². The van der Waals surface area contributed by atoms with Crippen molar-refractivity contribution >= 4 is 17.2 Å². The summed E-state index contributed by atoms with van der Waals surface area (Å²) in [5.41, 5.74) is 2.57. The van der Waals surface area contributed by atoms with Crippen molar-refractivity contribution in [1.82, 2.24) is 34.5 Å². The number of fused-ring (bicyclic) bond motifs is 2. The first kappa shape index (κ1) is 17.1. The Bertz CT molecular complexity index is 1120. The molecular formula is C18H19N7O2. The lowest BCUT2D eigenvalue weighted by atomic mass is 10.1. The Morgan fingerprint density at radius 3 is 2.85 bits per heavy atom. The van der Waals surface area contributed by atoms with Gasteiger partial charge in [0.15, 0.2) is 17.1 Å². The Morgan fingerprint density at radius 2 is 2.04 bits per heavy atom. The minimum Gasteiger partial charge on any atom is -0.385 e. The predicted molar refractivity (Wildman–Crippen MR) is 96.9 cm³/mol. The summed E-state index contributed by atoms with van der Waals surface area (Å²) in [6.07, 6.45) is 2.35. The van der Waals surface area contributed by atoms with E-state index in [2.05, 4.69) is 25.6 Å². The fourth-order valence-electron chi connectivity index (χ4n) is 2.85. The Morgan fingerprint density at radius 1 is 1.19 bits per heavy atom. The first-order valence-corrected chi connectivity index (χ1v) is 8.63. The van der Waals surface area contributed by atoms with E-state index in [0.29, 0.717) is 23.6 Å². The largest absolute Gasteiger partial charge is 0.385 e. The molecular weight excluding hydrogens is 346 g/mol. The number of carbonyl (C=O) groups is 1. The van der Waals surface area contributed by atoms with Crippen molar-refractivity contribution in [2.24, 2.45) is 5.92 Å². The van der Waals surface area contributed by atoms with Gasteiger partial charge in [-0.3, -0.25) is 9.20 Å². The van der Waals surface area contributed by atoms with Gasteiger partial charge >= 0.3 is 0 Å². The zero-order chi connectivity index (χ0) is 19.0. The summed E-state index contributed by atoms with van der Waals surface area (Å²) in [6, 6.07) is 8.98. The summed E-state index contributed by atoms with van der Waals surface area (Å²) < 4.78 is 3.33. The number of aromatic nitrogens is 6. The Hall–Kier alpha value is -3.33. The van der Waals surface area contributed by atoms with Gasteiger partial charge in [0.05, 0.1) is 17.8 Å². The van der Waals surface area contributed by atoms with E-state index in [4.69, 9.17) is 0 Å². The molecule has 4 aromatic heterocycles. The van der Waals surface area contributed by atoms with Gasteiger partial charge in [0.2, 0.25) is 0 Å². The molecule has 1 atom stereocenters. The van der Waals surface area contributed by atoms with Gasteiger partial charge in [-0.25, -0.2) is 9.50 Å². The molecule has 1 unspecified atom stereocenters. The Kier molecular flexibility index (Phi) is 4.28. The highest BCUT2D eigenvalue weighted by atomic mass is 16.3. The highest BCUT2D eigenvalue weighted by Gasteiger charge is 2.19. The summed E-state index contributed by atoms with van der Waals surface area (Å²) in [4.78, 5) is 16.7. The molecule has 2 N–H and O–H groups in total. The molecule has 0 spiro atoms. The van der Waals surface area contributed by atoms with Gasteiger partial charge < -0.3 is 10.4 Å². The third-order valence-electron chi connectivity index (χ3n) is 4.40. The second-order valence-electron chi connectivity index (χ2n) is 6.62. The maximum atomic E-state index is 12.6. The van der Waals surface area contributed by atoms with Crippen molar-refractivity contribution in [2.75, 3.05) is 0 Å². The lowest BCUT2D eigenvalue weighted by molar-refractivity contribution is 0.0949. The first-order valence-electron chi connectivity index (χ1n) is 8.63. The summed E-state index contributed by atoms with van der Waals surface area (Å²) in [7, 11) is 0. The molecule has 0 fully saturated rings. The molecule has 0 radical (unpaired) electrons. The Balaban J connectivity index is 1.57. The molecule has 4 rings (SSSR count). The second kappa shape index (κ2) is 6.76. The minimum atomic E-state index is -0.761. The van der Waals surface area contributed by atoms with Gasteiger partial charge in [0.1, 0.15) is 12.4 Å². The molecule has 27 heavy (non-hydrogen) atoms. The lowest BCUT2D eigenvalue weighted by Crippen LogP contribution is -2.24. The van der Waals surface area contributed by atoms with Crippen molar-refractivity contribution in [1.29, 1.82) is 0 Å². The molecule has 0 saturated heterocycles. The summed E-state index contributed by atoms with van der Waals surface area (Å²) in [6.45, 7) is 4.10. The van der Waals surface area contributed by atoms with Crippen LogP contribution in [0.5, 0.6) is 0 Å². The number of carbonyl (C=O) groups excluding carboxylic acids is 1. The molecule has 138 valence electrons. The highest BCUT2D eigenvalue weighted by molar-refractivity contribution is 5.94. The SMILES string of the molecule is CC(C)C(O)c1nnc2ccc(C(=O)NCc3cccc4ncnn34)cn12. The molecule has 0 saturated carbocycles. The number of aliphatic hydroxyl groups is 1. The number of amides is 1. The normalized spacial score (nSPS) is 12.7. The predicted octanol–water partition coefficient (Wildman–Crippen LogP) is 1.39. The number of hydrogen-bond acceptors (Lipinski definition) is 6. The van der Waals surface area contributed by atoms with Crippen LogP contribution in [0.1, 0.15) is 41.8 Å². The van der Waals surface area contributed by atoms with E-state index in [9.17, 15) is 9.90 Å². The van der Waals surface area contributed by atoms with Crippen LogP contribution in [-0.4, -0.2) is 40.2 Å². The maximum Gasteiger partial charge on any atom is 0.253 e. The fraction of sp³-hybridized carbons (Fsp3) is 0.278. The van der Waals surface area contributed by atoms with Crippen LogP contribution in [0.3, 0.4) is 0 Å². The van der Waals surface area contributed by atoms with Crippen LogP contribution in [-0.2, 0) is 6.54 Å². The zero-order valence-corrected chi connectivity index (χ0v) is 14.9. The van der Waals surface area contributed by atoms with Crippen LogP contribution in [0.25, 0.3) is 11.3 Å². The number of hydrogen-bond donors (Lipinski definition) is 2. The molecule has 0 aliphatic heterocycles. The monoisotopic (exact) mass is 365 g/mol. The zero-order valence-electron chi connectivity index (χ0n) is 14.9. The Labute approximate surface area is 154 Å². The highest BCUT2D eigenvalue weighted by Crippen LogP contribution is 2.20. The summed E-state index contributed by atoms with van der Waals surface area (Å²) in [5.74, 6) is 0.160. The molecule has 9 heteroatoms. The summed E-state index contributed by atoms with van der Waals surface area (Å²) in [5, 5.41) is 25.4.